The highest BCUT2D eigenvalue weighted by atomic mass is 32.1. The molecule has 1 unspecified atom stereocenters. The highest BCUT2D eigenvalue weighted by Crippen LogP contribution is 2.39. The molecule has 136 valence electrons. The largest absolute Gasteiger partial charge is 0.438 e. The van der Waals surface area contributed by atoms with E-state index in [4.69, 9.17) is 8.94 Å². The normalized spacial score (nSPS) is 22.1. The Labute approximate surface area is 155 Å². The summed E-state index contributed by atoms with van der Waals surface area (Å²) >= 11 is 1.66. The lowest BCUT2D eigenvalue weighted by Gasteiger charge is -2.36. The molecule has 3 aromatic rings. The van der Waals surface area contributed by atoms with Crippen LogP contribution >= 0.6 is 11.3 Å². The average Bonchev–Trinajstić information content (AvgIpc) is 3.09. The Balaban J connectivity index is 1.27. The van der Waals surface area contributed by atoms with Crippen LogP contribution in [-0.4, -0.2) is 51.6 Å². The van der Waals surface area contributed by atoms with Crippen molar-refractivity contribution in [3.63, 3.8) is 0 Å². The molecule has 1 aliphatic carbocycles. The van der Waals surface area contributed by atoms with Gasteiger partial charge in [-0.3, -0.25) is 9.80 Å². The number of thiophene rings is 1. The van der Waals surface area contributed by atoms with Crippen molar-refractivity contribution in [2.75, 3.05) is 26.7 Å². The maximum Gasteiger partial charge on any atom is 0.245 e. The summed E-state index contributed by atoms with van der Waals surface area (Å²) in [5, 5.41) is 6.21. The molecule has 1 atom stereocenters. The lowest BCUT2D eigenvalue weighted by Crippen LogP contribution is -2.46. The molecule has 7 nitrogen and oxygen atoms in total. The molecule has 3 aromatic heterocycles. The first-order valence-corrected chi connectivity index (χ1v) is 9.89. The van der Waals surface area contributed by atoms with Gasteiger partial charge in [-0.2, -0.15) is 4.98 Å². The van der Waals surface area contributed by atoms with Gasteiger partial charge in [-0.05, 0) is 31.3 Å². The van der Waals surface area contributed by atoms with Crippen molar-refractivity contribution in [1.82, 2.24) is 24.9 Å². The third-order valence-electron chi connectivity index (χ3n) is 5.09. The van der Waals surface area contributed by atoms with Crippen LogP contribution in [0.3, 0.4) is 0 Å². The molecule has 1 aliphatic heterocycles. The first kappa shape index (κ1) is 16.2. The van der Waals surface area contributed by atoms with Crippen LogP contribution in [0.1, 0.15) is 42.4 Å². The quantitative estimate of drug-likeness (QED) is 0.682. The second kappa shape index (κ2) is 6.61. The molecule has 2 fully saturated rings. The van der Waals surface area contributed by atoms with Crippen LogP contribution in [0, 0.1) is 0 Å². The highest BCUT2D eigenvalue weighted by molar-refractivity contribution is 7.13. The van der Waals surface area contributed by atoms with Crippen LogP contribution in [0.2, 0.25) is 0 Å². The maximum absolute atomic E-state index is 5.94. The minimum Gasteiger partial charge on any atom is -0.438 e. The number of nitrogens with zero attached hydrogens (tertiary/aromatic N) is 5. The van der Waals surface area contributed by atoms with E-state index in [1.807, 2.05) is 23.7 Å². The Kier molecular flexibility index (Phi) is 4.11. The lowest BCUT2D eigenvalue weighted by atomic mass is 10.1. The van der Waals surface area contributed by atoms with Gasteiger partial charge in [0.15, 0.2) is 11.6 Å². The summed E-state index contributed by atoms with van der Waals surface area (Å²) in [4.78, 5) is 14.8. The van der Waals surface area contributed by atoms with Gasteiger partial charge in [-0.15, -0.1) is 11.3 Å². The Hall–Kier alpha value is -2.03. The Bertz CT molecular complexity index is 870. The Morgan fingerprint density at radius 3 is 3.04 bits per heavy atom. The second-order valence-corrected chi connectivity index (χ2v) is 8.04. The summed E-state index contributed by atoms with van der Waals surface area (Å²) in [7, 11) is 2.11. The molecule has 2 aliphatic rings. The van der Waals surface area contributed by atoms with Crippen molar-refractivity contribution >= 4 is 11.3 Å². The first-order chi connectivity index (χ1) is 12.8. The maximum atomic E-state index is 5.94. The zero-order valence-electron chi connectivity index (χ0n) is 14.7. The van der Waals surface area contributed by atoms with Gasteiger partial charge in [-0.25, -0.2) is 4.98 Å². The van der Waals surface area contributed by atoms with Crippen LogP contribution in [0.4, 0.5) is 0 Å². The van der Waals surface area contributed by atoms with E-state index in [0.29, 0.717) is 12.5 Å². The van der Waals surface area contributed by atoms with Gasteiger partial charge >= 0.3 is 0 Å². The summed E-state index contributed by atoms with van der Waals surface area (Å²) < 4.78 is 11.5. The van der Waals surface area contributed by atoms with Gasteiger partial charge in [-0.1, -0.05) is 11.2 Å². The number of aromatic nitrogens is 3. The molecule has 1 saturated heterocycles. The third kappa shape index (κ3) is 3.20. The number of hydrogen-bond acceptors (Lipinski definition) is 8. The Morgan fingerprint density at radius 1 is 1.31 bits per heavy atom. The number of hydrogen-bond donors (Lipinski definition) is 0. The van der Waals surface area contributed by atoms with Crippen molar-refractivity contribution in [3.8, 4) is 10.6 Å². The number of oxazole rings is 1. The van der Waals surface area contributed by atoms with Crippen LogP contribution in [0.25, 0.3) is 10.6 Å². The second-order valence-electron chi connectivity index (χ2n) is 7.09. The molecule has 26 heavy (non-hydrogen) atoms. The highest BCUT2D eigenvalue weighted by Gasteiger charge is 2.34. The molecule has 0 radical (unpaired) electrons. The van der Waals surface area contributed by atoms with Gasteiger partial charge in [0.2, 0.25) is 11.8 Å². The van der Waals surface area contributed by atoms with Gasteiger partial charge in [0.1, 0.15) is 6.04 Å². The van der Waals surface area contributed by atoms with Gasteiger partial charge in [0, 0.05) is 25.6 Å². The van der Waals surface area contributed by atoms with Crippen molar-refractivity contribution in [2.24, 2.45) is 0 Å². The lowest BCUT2D eigenvalue weighted by molar-refractivity contribution is 0.0665. The zero-order chi connectivity index (χ0) is 17.5. The minimum absolute atomic E-state index is 0.121. The summed E-state index contributed by atoms with van der Waals surface area (Å²) in [5.41, 5.74) is 0. The molecular weight excluding hydrogens is 350 g/mol. The fourth-order valence-electron chi connectivity index (χ4n) is 3.34. The molecule has 0 amide bonds. The smallest absolute Gasteiger partial charge is 0.245 e. The van der Waals surface area contributed by atoms with Crippen molar-refractivity contribution in [3.05, 3.63) is 41.3 Å². The predicted octanol–water partition coefficient (Wildman–Crippen LogP) is 3.15. The van der Waals surface area contributed by atoms with Crippen LogP contribution in [0.15, 0.2) is 32.6 Å². The van der Waals surface area contributed by atoms with Crippen LogP contribution < -0.4 is 0 Å². The average molecular weight is 371 g/mol. The number of likely N-dealkylation sites (N-methyl/N-ethyl adjacent to an activating group) is 1. The molecule has 0 N–H and O–H groups in total. The summed E-state index contributed by atoms with van der Waals surface area (Å²) in [5.74, 6) is 3.71. The van der Waals surface area contributed by atoms with Crippen molar-refractivity contribution in [2.45, 2.75) is 31.3 Å². The van der Waals surface area contributed by atoms with E-state index in [0.717, 1.165) is 47.9 Å². The van der Waals surface area contributed by atoms with E-state index >= 15 is 0 Å². The van der Waals surface area contributed by atoms with E-state index < -0.39 is 0 Å². The molecular formula is C18H21N5O2S. The monoisotopic (exact) mass is 371 g/mol. The molecule has 0 aromatic carbocycles. The zero-order valence-corrected chi connectivity index (χ0v) is 15.5. The van der Waals surface area contributed by atoms with E-state index in [1.54, 1.807) is 11.3 Å². The van der Waals surface area contributed by atoms with Gasteiger partial charge in [0.25, 0.3) is 0 Å². The number of piperazine rings is 1. The first-order valence-electron chi connectivity index (χ1n) is 9.01. The van der Waals surface area contributed by atoms with Crippen LogP contribution in [-0.2, 0) is 6.54 Å². The number of rotatable bonds is 5. The molecule has 4 heterocycles. The topological polar surface area (TPSA) is 71.4 Å². The molecule has 5 rings (SSSR count). The third-order valence-corrected chi connectivity index (χ3v) is 5.98. The van der Waals surface area contributed by atoms with Crippen molar-refractivity contribution < 1.29 is 8.94 Å². The van der Waals surface area contributed by atoms with E-state index in [-0.39, 0.29) is 6.04 Å². The minimum atomic E-state index is 0.121. The van der Waals surface area contributed by atoms with E-state index in [1.165, 1.54) is 12.8 Å². The standard InChI is InChI=1S/C18H21N5O2S/c1-22-6-7-23(10-13(22)18-20-17(21-25-18)12-4-5-12)11-16-19-9-14(24-16)15-3-2-8-26-15/h2-3,8-9,12-13H,4-7,10-11H2,1H3. The molecule has 0 bridgehead atoms. The predicted molar refractivity (Wildman–Crippen MR) is 96.7 cm³/mol. The fourth-order valence-corrected chi connectivity index (χ4v) is 4.01. The molecule has 1 saturated carbocycles. The summed E-state index contributed by atoms with van der Waals surface area (Å²) in [6.07, 6.45) is 4.18. The fraction of sp³-hybridized carbons (Fsp3) is 0.500. The van der Waals surface area contributed by atoms with E-state index in [9.17, 15) is 0 Å². The van der Waals surface area contributed by atoms with E-state index in [2.05, 4.69) is 32.0 Å². The SMILES string of the molecule is CN1CCN(Cc2ncc(-c3cccs3)o2)CC1c1nc(C2CC2)no1. The Morgan fingerprint density at radius 2 is 2.23 bits per heavy atom. The summed E-state index contributed by atoms with van der Waals surface area (Å²) in [6.45, 7) is 3.44. The van der Waals surface area contributed by atoms with Crippen LogP contribution in [0.5, 0.6) is 0 Å². The van der Waals surface area contributed by atoms with Gasteiger partial charge < -0.3 is 8.94 Å². The van der Waals surface area contributed by atoms with Gasteiger partial charge in [0.05, 0.1) is 17.6 Å². The summed E-state index contributed by atoms with van der Waals surface area (Å²) in [6, 6.07) is 4.19. The molecule has 8 heteroatoms. The van der Waals surface area contributed by atoms with Crippen molar-refractivity contribution in [1.29, 1.82) is 0 Å². The molecule has 0 spiro atoms.